The van der Waals surface area contributed by atoms with Gasteiger partial charge in [-0.3, -0.25) is 0 Å². The van der Waals surface area contributed by atoms with Crippen LogP contribution in [0.3, 0.4) is 0 Å². The van der Waals surface area contributed by atoms with E-state index in [0.29, 0.717) is 17.3 Å². The topological polar surface area (TPSA) is 51.0 Å². The molecule has 0 aliphatic carbocycles. The van der Waals surface area contributed by atoms with Crippen LogP contribution in [0.15, 0.2) is 22.7 Å². The lowest BCUT2D eigenvalue weighted by Gasteiger charge is -2.19. The summed E-state index contributed by atoms with van der Waals surface area (Å²) in [5, 5.41) is 7.37. The molecule has 0 radical (unpaired) electrons. The van der Waals surface area contributed by atoms with E-state index in [1.54, 1.807) is 12.1 Å². The molecular weight excluding hydrogens is 281 g/mol. The minimum Gasteiger partial charge on any atom is -0.338 e. The van der Waals surface area contributed by atoms with Gasteiger partial charge in [0.1, 0.15) is 5.82 Å². The summed E-state index contributed by atoms with van der Waals surface area (Å²) in [6.45, 7) is 0.964. The van der Waals surface area contributed by atoms with Gasteiger partial charge in [0.15, 0.2) is 5.82 Å². The van der Waals surface area contributed by atoms with Crippen LogP contribution in [0.25, 0.3) is 0 Å². The molecule has 1 saturated heterocycles. The van der Waals surface area contributed by atoms with E-state index in [1.165, 1.54) is 12.5 Å². The number of hydrogen-bond acceptors (Lipinski definition) is 4. The van der Waals surface area contributed by atoms with Crippen molar-refractivity contribution in [3.63, 3.8) is 0 Å². The van der Waals surface area contributed by atoms with Crippen molar-refractivity contribution in [1.82, 2.24) is 15.5 Å². The van der Waals surface area contributed by atoms with Crippen LogP contribution >= 0.6 is 11.6 Å². The molecule has 0 saturated carbocycles. The van der Waals surface area contributed by atoms with Crippen molar-refractivity contribution in [3.8, 4) is 0 Å². The van der Waals surface area contributed by atoms with E-state index in [9.17, 15) is 4.39 Å². The molecular formula is C14H15ClFN3O. The fourth-order valence-electron chi connectivity index (χ4n) is 2.40. The van der Waals surface area contributed by atoms with Gasteiger partial charge in [-0.2, -0.15) is 4.98 Å². The van der Waals surface area contributed by atoms with Gasteiger partial charge in [-0.25, -0.2) is 4.39 Å². The zero-order valence-electron chi connectivity index (χ0n) is 10.9. The molecule has 0 amide bonds. The standard InChI is InChI=1S/C14H15ClFN3O/c15-10-5-3-4-9(13(10)16)8-12-18-14(20-19-12)11-6-1-2-7-17-11/h3-5,11,17H,1-2,6-8H2/t11-/m1/s1. The van der Waals surface area contributed by atoms with Crippen molar-refractivity contribution >= 4 is 11.6 Å². The fraction of sp³-hybridized carbons (Fsp3) is 0.429. The number of benzene rings is 1. The SMILES string of the molecule is Fc1c(Cl)cccc1Cc1noc([C@H]2CCCCN2)n1. The third kappa shape index (κ3) is 2.83. The first-order chi connectivity index (χ1) is 9.74. The molecule has 0 bridgehead atoms. The Morgan fingerprint density at radius 2 is 2.30 bits per heavy atom. The number of nitrogens with zero attached hydrogens (tertiary/aromatic N) is 2. The van der Waals surface area contributed by atoms with Crippen molar-refractivity contribution < 1.29 is 8.91 Å². The Labute approximate surface area is 121 Å². The average molecular weight is 296 g/mol. The Hall–Kier alpha value is -1.46. The summed E-state index contributed by atoms with van der Waals surface area (Å²) in [5.74, 6) is 0.645. The molecule has 1 atom stereocenters. The maximum atomic E-state index is 13.8. The van der Waals surface area contributed by atoms with Gasteiger partial charge in [-0.15, -0.1) is 0 Å². The second kappa shape index (κ2) is 5.89. The van der Waals surface area contributed by atoms with Crippen LogP contribution in [0, 0.1) is 5.82 Å². The molecule has 1 aromatic carbocycles. The summed E-state index contributed by atoms with van der Waals surface area (Å²) in [7, 11) is 0. The van der Waals surface area contributed by atoms with E-state index in [4.69, 9.17) is 16.1 Å². The normalized spacial score (nSPS) is 19.2. The third-order valence-electron chi connectivity index (χ3n) is 3.47. The molecule has 1 fully saturated rings. The van der Waals surface area contributed by atoms with Gasteiger partial charge in [0, 0.05) is 6.42 Å². The number of piperidine rings is 1. The van der Waals surface area contributed by atoms with Crippen LogP contribution in [-0.4, -0.2) is 16.7 Å². The van der Waals surface area contributed by atoms with E-state index in [0.717, 1.165) is 19.4 Å². The number of aromatic nitrogens is 2. The second-order valence-electron chi connectivity index (χ2n) is 4.94. The zero-order chi connectivity index (χ0) is 13.9. The Morgan fingerprint density at radius 3 is 3.10 bits per heavy atom. The highest BCUT2D eigenvalue weighted by Gasteiger charge is 2.21. The molecule has 2 aromatic rings. The van der Waals surface area contributed by atoms with Gasteiger partial charge >= 0.3 is 0 Å². The summed E-state index contributed by atoms with van der Waals surface area (Å²) < 4.78 is 19.1. The van der Waals surface area contributed by atoms with Crippen molar-refractivity contribution in [3.05, 3.63) is 46.3 Å². The molecule has 1 aromatic heterocycles. The summed E-state index contributed by atoms with van der Waals surface area (Å²) in [6.07, 6.45) is 3.60. The van der Waals surface area contributed by atoms with Crippen LogP contribution in [0.1, 0.15) is 42.6 Å². The van der Waals surface area contributed by atoms with Gasteiger partial charge < -0.3 is 9.84 Å². The van der Waals surface area contributed by atoms with Crippen molar-refractivity contribution in [2.75, 3.05) is 6.54 Å². The second-order valence-corrected chi connectivity index (χ2v) is 5.35. The molecule has 3 rings (SSSR count). The lowest BCUT2D eigenvalue weighted by atomic mass is 10.1. The van der Waals surface area contributed by atoms with Crippen LogP contribution in [0.4, 0.5) is 4.39 Å². The van der Waals surface area contributed by atoms with Crippen LogP contribution in [-0.2, 0) is 6.42 Å². The summed E-state index contributed by atoms with van der Waals surface area (Å²) in [5.41, 5.74) is 0.474. The molecule has 6 heteroatoms. The quantitative estimate of drug-likeness (QED) is 0.944. The smallest absolute Gasteiger partial charge is 0.243 e. The zero-order valence-corrected chi connectivity index (χ0v) is 11.7. The average Bonchev–Trinajstić information content (AvgIpc) is 2.93. The molecule has 4 nitrogen and oxygen atoms in total. The van der Waals surface area contributed by atoms with E-state index in [1.807, 2.05) is 0 Å². The molecule has 20 heavy (non-hydrogen) atoms. The first-order valence-corrected chi connectivity index (χ1v) is 7.10. The van der Waals surface area contributed by atoms with Gasteiger partial charge in [0.2, 0.25) is 5.89 Å². The molecule has 1 aliphatic rings. The maximum absolute atomic E-state index is 13.8. The number of nitrogens with one attached hydrogen (secondary N) is 1. The maximum Gasteiger partial charge on any atom is 0.243 e. The van der Waals surface area contributed by atoms with Gasteiger partial charge in [0.25, 0.3) is 0 Å². The molecule has 0 spiro atoms. The Kier molecular flexibility index (Phi) is 3.98. The third-order valence-corrected chi connectivity index (χ3v) is 3.76. The monoisotopic (exact) mass is 295 g/mol. The van der Waals surface area contributed by atoms with Gasteiger partial charge in [-0.1, -0.05) is 35.3 Å². The van der Waals surface area contributed by atoms with Crippen molar-refractivity contribution in [2.24, 2.45) is 0 Å². The van der Waals surface area contributed by atoms with Gasteiger partial charge in [0.05, 0.1) is 11.1 Å². The molecule has 106 valence electrons. The first-order valence-electron chi connectivity index (χ1n) is 6.73. The Balaban J connectivity index is 1.75. The molecule has 2 heterocycles. The molecule has 0 unspecified atom stereocenters. The van der Waals surface area contributed by atoms with Crippen LogP contribution in [0.5, 0.6) is 0 Å². The Bertz CT molecular complexity index is 596. The number of halogens is 2. The lowest BCUT2D eigenvalue weighted by molar-refractivity contribution is 0.296. The van der Waals surface area contributed by atoms with Crippen molar-refractivity contribution in [1.29, 1.82) is 0 Å². The lowest BCUT2D eigenvalue weighted by Crippen LogP contribution is -2.27. The largest absolute Gasteiger partial charge is 0.338 e. The van der Waals surface area contributed by atoms with E-state index < -0.39 is 5.82 Å². The van der Waals surface area contributed by atoms with E-state index in [2.05, 4.69) is 15.5 Å². The number of rotatable bonds is 3. The Morgan fingerprint density at radius 1 is 1.40 bits per heavy atom. The number of hydrogen-bond donors (Lipinski definition) is 1. The minimum atomic E-state index is -0.420. The van der Waals surface area contributed by atoms with Gasteiger partial charge in [-0.05, 0) is 31.0 Å². The summed E-state index contributed by atoms with van der Waals surface area (Å²) >= 11 is 5.76. The predicted octanol–water partition coefficient (Wildman–Crippen LogP) is 3.27. The first kappa shape index (κ1) is 13.5. The summed E-state index contributed by atoms with van der Waals surface area (Å²) in [6, 6.07) is 5.03. The predicted molar refractivity (Wildman–Crippen MR) is 73.1 cm³/mol. The minimum absolute atomic E-state index is 0.111. The highest BCUT2D eigenvalue weighted by molar-refractivity contribution is 6.30. The van der Waals surface area contributed by atoms with E-state index >= 15 is 0 Å². The van der Waals surface area contributed by atoms with E-state index in [-0.39, 0.29) is 17.5 Å². The molecule has 1 N–H and O–H groups in total. The molecule has 1 aliphatic heterocycles. The van der Waals surface area contributed by atoms with Crippen LogP contribution in [0.2, 0.25) is 5.02 Å². The highest BCUT2D eigenvalue weighted by Crippen LogP contribution is 2.23. The summed E-state index contributed by atoms with van der Waals surface area (Å²) in [4.78, 5) is 4.35. The highest BCUT2D eigenvalue weighted by atomic mass is 35.5. The van der Waals surface area contributed by atoms with Crippen LogP contribution < -0.4 is 5.32 Å². The fourth-order valence-corrected chi connectivity index (χ4v) is 2.59. The van der Waals surface area contributed by atoms with Crippen molar-refractivity contribution in [2.45, 2.75) is 31.7 Å².